The van der Waals surface area contributed by atoms with Gasteiger partial charge in [-0.05, 0) is 52.1 Å². The lowest BCUT2D eigenvalue weighted by molar-refractivity contribution is 0.158. The van der Waals surface area contributed by atoms with E-state index in [4.69, 9.17) is 5.73 Å². The van der Waals surface area contributed by atoms with Crippen molar-refractivity contribution in [2.75, 3.05) is 14.1 Å². The summed E-state index contributed by atoms with van der Waals surface area (Å²) in [5, 5.41) is 9.20. The first-order chi connectivity index (χ1) is 7.34. The van der Waals surface area contributed by atoms with Crippen LogP contribution < -0.4 is 5.73 Å². The van der Waals surface area contributed by atoms with Gasteiger partial charge in [-0.2, -0.15) is 0 Å². The van der Waals surface area contributed by atoms with E-state index in [-0.39, 0.29) is 11.6 Å². The van der Waals surface area contributed by atoms with Gasteiger partial charge in [-0.3, -0.25) is 0 Å². The number of hydrogen-bond donors (Lipinski definition) is 2. The quantitative estimate of drug-likeness (QED) is 0.813. The summed E-state index contributed by atoms with van der Waals surface area (Å²) in [5.41, 5.74) is 7.33. The fraction of sp³-hybridized carbons (Fsp3) is 0.538. The van der Waals surface area contributed by atoms with Crippen LogP contribution in [-0.2, 0) is 6.42 Å². The van der Waals surface area contributed by atoms with Crippen molar-refractivity contribution in [1.82, 2.24) is 4.90 Å². The second-order valence-corrected chi connectivity index (χ2v) is 5.03. The first-order valence-corrected chi connectivity index (χ1v) is 5.55. The maximum atomic E-state index is 9.20. The zero-order chi connectivity index (χ0) is 12.3. The molecule has 1 unspecified atom stereocenters. The largest absolute Gasteiger partial charge is 0.508 e. The molecule has 1 aromatic carbocycles. The monoisotopic (exact) mass is 222 g/mol. The zero-order valence-electron chi connectivity index (χ0n) is 10.6. The second-order valence-electron chi connectivity index (χ2n) is 5.03. The van der Waals surface area contributed by atoms with Crippen LogP contribution in [0.1, 0.15) is 19.4 Å². The molecule has 1 aromatic rings. The highest BCUT2D eigenvalue weighted by molar-refractivity contribution is 5.26. The second kappa shape index (κ2) is 4.85. The Labute approximate surface area is 97.9 Å². The van der Waals surface area contributed by atoms with Crippen LogP contribution in [0.25, 0.3) is 0 Å². The van der Waals surface area contributed by atoms with E-state index in [1.807, 2.05) is 26.2 Å². The predicted octanol–water partition coefficient (Wildman–Crippen LogP) is 1.60. The van der Waals surface area contributed by atoms with Crippen LogP contribution in [0.3, 0.4) is 0 Å². The van der Waals surface area contributed by atoms with Gasteiger partial charge in [0.25, 0.3) is 0 Å². The van der Waals surface area contributed by atoms with E-state index in [1.165, 1.54) is 0 Å². The molecule has 0 aromatic heterocycles. The molecule has 0 spiro atoms. The van der Waals surface area contributed by atoms with E-state index in [2.05, 4.69) is 18.7 Å². The molecule has 16 heavy (non-hydrogen) atoms. The van der Waals surface area contributed by atoms with Gasteiger partial charge in [-0.25, -0.2) is 0 Å². The Morgan fingerprint density at radius 2 is 1.75 bits per heavy atom. The van der Waals surface area contributed by atoms with E-state index >= 15 is 0 Å². The molecule has 0 saturated heterocycles. The van der Waals surface area contributed by atoms with Crippen LogP contribution >= 0.6 is 0 Å². The van der Waals surface area contributed by atoms with Gasteiger partial charge >= 0.3 is 0 Å². The molecule has 3 nitrogen and oxygen atoms in total. The van der Waals surface area contributed by atoms with Crippen molar-refractivity contribution < 1.29 is 5.11 Å². The Morgan fingerprint density at radius 3 is 2.19 bits per heavy atom. The molecule has 1 rings (SSSR count). The molecule has 0 amide bonds. The summed E-state index contributed by atoms with van der Waals surface area (Å²) in [6.07, 6.45) is 0.811. The van der Waals surface area contributed by atoms with Crippen LogP contribution in [0.5, 0.6) is 5.75 Å². The van der Waals surface area contributed by atoms with Gasteiger partial charge in [0.2, 0.25) is 0 Å². The smallest absolute Gasteiger partial charge is 0.115 e. The summed E-state index contributed by atoms with van der Waals surface area (Å²) in [4.78, 5) is 2.14. The summed E-state index contributed by atoms with van der Waals surface area (Å²) in [5.74, 6) is 0.296. The van der Waals surface area contributed by atoms with Crippen LogP contribution in [0.4, 0.5) is 0 Å². The molecule has 90 valence electrons. The fourth-order valence-electron chi connectivity index (χ4n) is 1.47. The van der Waals surface area contributed by atoms with Gasteiger partial charge in [0, 0.05) is 11.6 Å². The average Bonchev–Trinajstić information content (AvgIpc) is 2.21. The van der Waals surface area contributed by atoms with Crippen molar-refractivity contribution >= 4 is 0 Å². The number of benzene rings is 1. The van der Waals surface area contributed by atoms with Crippen molar-refractivity contribution in [2.45, 2.75) is 31.8 Å². The van der Waals surface area contributed by atoms with E-state index in [1.54, 1.807) is 12.1 Å². The SMILES string of the molecule is CN(C)C(C)(C)C(N)Cc1ccc(O)cc1. The predicted molar refractivity (Wildman–Crippen MR) is 67.6 cm³/mol. The highest BCUT2D eigenvalue weighted by Crippen LogP contribution is 2.19. The molecule has 0 aliphatic carbocycles. The van der Waals surface area contributed by atoms with Crippen LogP contribution in [0.2, 0.25) is 0 Å². The van der Waals surface area contributed by atoms with E-state index in [9.17, 15) is 5.11 Å². The van der Waals surface area contributed by atoms with Crippen LogP contribution in [0, 0.1) is 0 Å². The van der Waals surface area contributed by atoms with Crippen LogP contribution in [0.15, 0.2) is 24.3 Å². The molecule has 0 radical (unpaired) electrons. The zero-order valence-corrected chi connectivity index (χ0v) is 10.6. The Kier molecular flexibility index (Phi) is 3.94. The number of nitrogens with two attached hydrogens (primary N) is 1. The van der Waals surface area contributed by atoms with E-state index < -0.39 is 0 Å². The molecular formula is C13H22N2O. The fourth-order valence-corrected chi connectivity index (χ4v) is 1.47. The third-order valence-electron chi connectivity index (χ3n) is 3.45. The number of likely N-dealkylation sites (N-methyl/N-ethyl adjacent to an activating group) is 1. The number of nitrogens with zero attached hydrogens (tertiary/aromatic N) is 1. The van der Waals surface area contributed by atoms with Crippen molar-refractivity contribution in [2.24, 2.45) is 5.73 Å². The minimum atomic E-state index is -0.0438. The summed E-state index contributed by atoms with van der Waals surface area (Å²) in [7, 11) is 4.08. The minimum Gasteiger partial charge on any atom is -0.508 e. The molecule has 0 aliphatic rings. The Bertz CT molecular complexity index is 330. The van der Waals surface area contributed by atoms with Crippen molar-refractivity contribution in [3.05, 3.63) is 29.8 Å². The number of phenolic OH excluding ortho intramolecular Hbond substituents is 1. The molecule has 3 heteroatoms. The van der Waals surface area contributed by atoms with Gasteiger partial charge in [0.1, 0.15) is 5.75 Å². The van der Waals surface area contributed by atoms with Crippen molar-refractivity contribution in [3.8, 4) is 5.75 Å². The molecule has 0 bridgehead atoms. The van der Waals surface area contributed by atoms with Gasteiger partial charge < -0.3 is 15.7 Å². The summed E-state index contributed by atoms with van der Waals surface area (Å²) in [6, 6.07) is 7.30. The van der Waals surface area contributed by atoms with E-state index in [0.717, 1.165) is 12.0 Å². The molecule has 3 N–H and O–H groups in total. The highest BCUT2D eigenvalue weighted by atomic mass is 16.3. The third kappa shape index (κ3) is 2.97. The Hall–Kier alpha value is -1.06. The lowest BCUT2D eigenvalue weighted by Crippen LogP contribution is -2.54. The standard InChI is InChI=1S/C13H22N2O/c1-13(2,15(3)4)12(14)9-10-5-7-11(16)8-6-10/h5-8,12,16H,9,14H2,1-4H3. The lowest BCUT2D eigenvalue weighted by Gasteiger charge is -2.38. The van der Waals surface area contributed by atoms with E-state index in [0.29, 0.717) is 5.75 Å². The number of rotatable bonds is 4. The molecule has 0 fully saturated rings. The normalized spacial score (nSPS) is 14.1. The summed E-state index contributed by atoms with van der Waals surface area (Å²) >= 11 is 0. The Morgan fingerprint density at radius 1 is 1.25 bits per heavy atom. The maximum Gasteiger partial charge on any atom is 0.115 e. The first-order valence-electron chi connectivity index (χ1n) is 5.55. The highest BCUT2D eigenvalue weighted by Gasteiger charge is 2.28. The minimum absolute atomic E-state index is 0.0438. The molecule has 0 aliphatic heterocycles. The van der Waals surface area contributed by atoms with Gasteiger partial charge in [0.15, 0.2) is 0 Å². The van der Waals surface area contributed by atoms with Crippen molar-refractivity contribution in [3.63, 3.8) is 0 Å². The lowest BCUT2D eigenvalue weighted by atomic mass is 9.89. The maximum absolute atomic E-state index is 9.20. The molecular weight excluding hydrogens is 200 g/mol. The Balaban J connectivity index is 2.71. The topological polar surface area (TPSA) is 49.5 Å². The van der Waals surface area contributed by atoms with Gasteiger partial charge in [-0.15, -0.1) is 0 Å². The van der Waals surface area contributed by atoms with Crippen molar-refractivity contribution in [1.29, 1.82) is 0 Å². The third-order valence-corrected chi connectivity index (χ3v) is 3.45. The average molecular weight is 222 g/mol. The van der Waals surface area contributed by atoms with Gasteiger partial charge in [-0.1, -0.05) is 12.1 Å². The number of aromatic hydroxyl groups is 1. The molecule has 1 atom stereocenters. The van der Waals surface area contributed by atoms with Gasteiger partial charge in [0.05, 0.1) is 0 Å². The molecule has 0 heterocycles. The molecule has 0 saturated carbocycles. The number of phenols is 1. The van der Waals surface area contributed by atoms with Crippen LogP contribution in [-0.4, -0.2) is 35.7 Å². The summed E-state index contributed by atoms with van der Waals surface area (Å²) < 4.78 is 0. The first kappa shape index (κ1) is 13.0. The summed E-state index contributed by atoms with van der Waals surface area (Å²) in [6.45, 7) is 4.27. The number of hydrogen-bond acceptors (Lipinski definition) is 3.